The number of hydrogen-bond acceptors (Lipinski definition) is 3. The van der Waals surface area contributed by atoms with Crippen molar-refractivity contribution in [1.82, 2.24) is 0 Å². The molecule has 0 aromatic heterocycles. The number of hydrogen-bond donors (Lipinski definition) is 0. The summed E-state index contributed by atoms with van der Waals surface area (Å²) in [6.07, 6.45) is 0.437. The molecule has 0 radical (unpaired) electrons. The summed E-state index contributed by atoms with van der Waals surface area (Å²) in [7, 11) is 0. The smallest absolute Gasteiger partial charge is 0.161 e. The minimum Gasteiger partial charge on any atom is -0.490 e. The third kappa shape index (κ3) is 3.57. The highest BCUT2D eigenvalue weighted by molar-refractivity contribution is 5.78. The fourth-order valence-electron chi connectivity index (χ4n) is 1.49. The van der Waals surface area contributed by atoms with Gasteiger partial charge in [0.05, 0.1) is 13.2 Å². The van der Waals surface area contributed by atoms with Gasteiger partial charge in [0.1, 0.15) is 5.78 Å². The molecule has 0 heterocycles. The Labute approximate surface area is 96.4 Å². The number of benzene rings is 1. The summed E-state index contributed by atoms with van der Waals surface area (Å²) in [6, 6.07) is 5.62. The van der Waals surface area contributed by atoms with E-state index in [2.05, 4.69) is 0 Å². The molecule has 1 aromatic carbocycles. The van der Waals surface area contributed by atoms with Crippen LogP contribution in [0.2, 0.25) is 0 Å². The lowest BCUT2D eigenvalue weighted by Gasteiger charge is -2.11. The molecule has 0 saturated heterocycles. The van der Waals surface area contributed by atoms with E-state index in [1.54, 1.807) is 6.92 Å². The second kappa shape index (κ2) is 6.16. The minimum atomic E-state index is 0.145. The van der Waals surface area contributed by atoms with Gasteiger partial charge in [0.25, 0.3) is 0 Å². The number of ether oxygens (including phenoxy) is 2. The van der Waals surface area contributed by atoms with Crippen LogP contribution in [-0.4, -0.2) is 19.0 Å². The van der Waals surface area contributed by atoms with Crippen molar-refractivity contribution < 1.29 is 14.3 Å². The van der Waals surface area contributed by atoms with Gasteiger partial charge in [-0.1, -0.05) is 6.07 Å². The molecule has 0 atom stereocenters. The lowest BCUT2D eigenvalue weighted by atomic mass is 10.1. The highest BCUT2D eigenvalue weighted by Gasteiger charge is 2.07. The van der Waals surface area contributed by atoms with E-state index in [1.165, 1.54) is 0 Å². The molecular weight excluding hydrogens is 204 g/mol. The first-order chi connectivity index (χ1) is 7.67. The van der Waals surface area contributed by atoms with Crippen molar-refractivity contribution in [2.75, 3.05) is 13.2 Å². The second-order valence-corrected chi connectivity index (χ2v) is 3.53. The number of rotatable bonds is 6. The Morgan fingerprint density at radius 1 is 1.12 bits per heavy atom. The Balaban J connectivity index is 2.92. The van der Waals surface area contributed by atoms with Gasteiger partial charge < -0.3 is 9.47 Å². The third-order valence-corrected chi connectivity index (χ3v) is 2.06. The molecule has 1 rings (SSSR count). The molecule has 16 heavy (non-hydrogen) atoms. The zero-order valence-electron chi connectivity index (χ0n) is 10.1. The first kappa shape index (κ1) is 12.6. The molecule has 0 amide bonds. The SMILES string of the molecule is CCOc1ccc(CC(C)=O)cc1OCC. The number of carbonyl (C=O) groups excluding carboxylic acids is 1. The molecule has 1 aromatic rings. The molecule has 3 nitrogen and oxygen atoms in total. The zero-order valence-corrected chi connectivity index (χ0v) is 10.1. The highest BCUT2D eigenvalue weighted by Crippen LogP contribution is 2.28. The van der Waals surface area contributed by atoms with Crippen molar-refractivity contribution >= 4 is 5.78 Å². The van der Waals surface area contributed by atoms with E-state index >= 15 is 0 Å². The van der Waals surface area contributed by atoms with Gasteiger partial charge in [-0.05, 0) is 38.5 Å². The van der Waals surface area contributed by atoms with Crippen LogP contribution in [0.25, 0.3) is 0 Å². The molecule has 0 aliphatic rings. The second-order valence-electron chi connectivity index (χ2n) is 3.53. The first-order valence-corrected chi connectivity index (χ1v) is 5.55. The standard InChI is InChI=1S/C13H18O3/c1-4-15-12-7-6-11(8-10(3)14)9-13(12)16-5-2/h6-7,9H,4-5,8H2,1-3H3. The van der Waals surface area contributed by atoms with E-state index < -0.39 is 0 Å². The maximum atomic E-state index is 11.0. The molecule has 0 spiro atoms. The van der Waals surface area contributed by atoms with Crippen LogP contribution >= 0.6 is 0 Å². The van der Waals surface area contributed by atoms with Crippen LogP contribution in [0.4, 0.5) is 0 Å². The van der Waals surface area contributed by atoms with Crippen LogP contribution < -0.4 is 9.47 Å². The summed E-state index contributed by atoms with van der Waals surface area (Å²) in [4.78, 5) is 11.0. The van der Waals surface area contributed by atoms with Crippen LogP contribution in [0, 0.1) is 0 Å². The molecule has 0 unspecified atom stereocenters. The fourth-order valence-corrected chi connectivity index (χ4v) is 1.49. The summed E-state index contributed by atoms with van der Waals surface area (Å²) in [5.41, 5.74) is 0.958. The van der Waals surface area contributed by atoms with Crippen LogP contribution in [0.3, 0.4) is 0 Å². The third-order valence-electron chi connectivity index (χ3n) is 2.06. The quantitative estimate of drug-likeness (QED) is 0.742. The van der Waals surface area contributed by atoms with Crippen molar-refractivity contribution in [3.05, 3.63) is 23.8 Å². The lowest BCUT2D eigenvalue weighted by Crippen LogP contribution is -2.01. The average molecular weight is 222 g/mol. The summed E-state index contributed by atoms with van der Waals surface area (Å²) >= 11 is 0. The first-order valence-electron chi connectivity index (χ1n) is 5.55. The maximum Gasteiger partial charge on any atom is 0.161 e. The van der Waals surface area contributed by atoms with Crippen molar-refractivity contribution in [2.24, 2.45) is 0 Å². The van der Waals surface area contributed by atoms with Crippen LogP contribution in [0.15, 0.2) is 18.2 Å². The highest BCUT2D eigenvalue weighted by atomic mass is 16.5. The molecule has 0 fully saturated rings. The van der Waals surface area contributed by atoms with Gasteiger partial charge in [0.15, 0.2) is 11.5 Å². The summed E-state index contributed by atoms with van der Waals surface area (Å²) < 4.78 is 10.9. The Bertz CT molecular complexity index is 358. The monoisotopic (exact) mass is 222 g/mol. The molecular formula is C13H18O3. The molecule has 0 aliphatic heterocycles. The van der Waals surface area contributed by atoms with Crippen LogP contribution in [0.1, 0.15) is 26.3 Å². The summed E-state index contributed by atoms with van der Waals surface area (Å²) in [5, 5.41) is 0. The van der Waals surface area contributed by atoms with Crippen molar-refractivity contribution in [3.8, 4) is 11.5 Å². The normalized spacial score (nSPS) is 9.94. The van der Waals surface area contributed by atoms with E-state index in [0.29, 0.717) is 25.4 Å². The van der Waals surface area contributed by atoms with Gasteiger partial charge in [-0.25, -0.2) is 0 Å². The average Bonchev–Trinajstić information content (AvgIpc) is 2.21. The number of ketones is 1. The summed E-state index contributed by atoms with van der Waals surface area (Å²) in [6.45, 7) is 6.62. The Hall–Kier alpha value is -1.51. The van der Waals surface area contributed by atoms with Crippen molar-refractivity contribution in [1.29, 1.82) is 0 Å². The summed E-state index contributed by atoms with van der Waals surface area (Å²) in [5.74, 6) is 1.59. The van der Waals surface area contributed by atoms with E-state index in [4.69, 9.17) is 9.47 Å². The predicted octanol–water partition coefficient (Wildman–Crippen LogP) is 2.62. The topological polar surface area (TPSA) is 35.5 Å². The zero-order chi connectivity index (χ0) is 12.0. The van der Waals surface area contributed by atoms with Crippen LogP contribution in [-0.2, 0) is 11.2 Å². The van der Waals surface area contributed by atoms with E-state index in [-0.39, 0.29) is 5.78 Å². The van der Waals surface area contributed by atoms with E-state index in [9.17, 15) is 4.79 Å². The predicted molar refractivity (Wildman–Crippen MR) is 63.2 cm³/mol. The van der Waals surface area contributed by atoms with Gasteiger partial charge in [-0.3, -0.25) is 4.79 Å². The maximum absolute atomic E-state index is 11.0. The lowest BCUT2D eigenvalue weighted by molar-refractivity contribution is -0.116. The van der Waals surface area contributed by atoms with Gasteiger partial charge in [0, 0.05) is 6.42 Å². The molecule has 0 saturated carbocycles. The molecule has 88 valence electrons. The molecule has 3 heteroatoms. The fraction of sp³-hybridized carbons (Fsp3) is 0.462. The van der Waals surface area contributed by atoms with Gasteiger partial charge in [-0.2, -0.15) is 0 Å². The van der Waals surface area contributed by atoms with E-state index in [1.807, 2.05) is 32.0 Å². The van der Waals surface area contributed by atoms with Crippen LogP contribution in [0.5, 0.6) is 11.5 Å². The van der Waals surface area contributed by atoms with Crippen molar-refractivity contribution in [2.45, 2.75) is 27.2 Å². The van der Waals surface area contributed by atoms with Gasteiger partial charge in [-0.15, -0.1) is 0 Å². The Morgan fingerprint density at radius 2 is 1.75 bits per heavy atom. The van der Waals surface area contributed by atoms with Gasteiger partial charge >= 0.3 is 0 Å². The minimum absolute atomic E-state index is 0.145. The number of Topliss-reactive ketones (excluding diaryl/α,β-unsaturated/α-hetero) is 1. The Kier molecular flexibility index (Phi) is 4.83. The van der Waals surface area contributed by atoms with Gasteiger partial charge in [0.2, 0.25) is 0 Å². The molecule has 0 aliphatic carbocycles. The van der Waals surface area contributed by atoms with E-state index in [0.717, 1.165) is 11.3 Å². The Morgan fingerprint density at radius 3 is 2.31 bits per heavy atom. The van der Waals surface area contributed by atoms with Crippen molar-refractivity contribution in [3.63, 3.8) is 0 Å². The molecule has 0 bridgehead atoms. The largest absolute Gasteiger partial charge is 0.490 e. The molecule has 0 N–H and O–H groups in total. The number of carbonyl (C=O) groups is 1.